The van der Waals surface area contributed by atoms with Crippen molar-refractivity contribution in [3.05, 3.63) is 18.5 Å². The molecule has 0 atom stereocenters. The molecule has 0 aliphatic carbocycles. The third-order valence-electron chi connectivity index (χ3n) is 1.63. The molecule has 0 saturated carbocycles. The van der Waals surface area contributed by atoms with Gasteiger partial charge in [-0.25, -0.2) is 4.79 Å². The van der Waals surface area contributed by atoms with E-state index in [9.17, 15) is 9.59 Å². The molecule has 0 unspecified atom stereocenters. The first-order chi connectivity index (χ1) is 8.67. The summed E-state index contributed by atoms with van der Waals surface area (Å²) in [4.78, 5) is 22.5. The second kappa shape index (κ2) is 7.49. The number of nitrogens with zero attached hydrogens (tertiary/aromatic N) is 2. The summed E-state index contributed by atoms with van der Waals surface area (Å²) in [7, 11) is 0. The highest BCUT2D eigenvalue weighted by molar-refractivity contribution is 7.99. The zero-order valence-electron chi connectivity index (χ0n) is 9.84. The summed E-state index contributed by atoms with van der Waals surface area (Å²) >= 11 is 1.04. The third kappa shape index (κ3) is 4.58. The Balaban J connectivity index is 2.42. The van der Waals surface area contributed by atoms with Crippen LogP contribution in [0.15, 0.2) is 22.3 Å². The monoisotopic (exact) mass is 271 g/mol. The van der Waals surface area contributed by atoms with Gasteiger partial charge in [0.25, 0.3) is 5.22 Å². The lowest BCUT2D eigenvalue weighted by Crippen LogP contribution is -2.24. The molecule has 0 radical (unpaired) electrons. The summed E-state index contributed by atoms with van der Waals surface area (Å²) in [5.74, 6) is -0.951. The van der Waals surface area contributed by atoms with Crippen LogP contribution < -0.4 is 5.32 Å². The van der Waals surface area contributed by atoms with Crippen LogP contribution in [0.4, 0.5) is 0 Å². The average Bonchev–Trinajstić information content (AvgIpc) is 2.83. The van der Waals surface area contributed by atoms with E-state index in [0.29, 0.717) is 6.54 Å². The van der Waals surface area contributed by atoms with Crippen LogP contribution in [0.5, 0.6) is 0 Å². The fourth-order valence-corrected chi connectivity index (χ4v) is 1.50. The summed E-state index contributed by atoms with van der Waals surface area (Å²) in [5, 5.41) is 9.87. The van der Waals surface area contributed by atoms with E-state index in [1.54, 1.807) is 13.0 Å². The molecule has 0 aromatic carbocycles. The molecule has 0 saturated heterocycles. The van der Waals surface area contributed by atoms with Crippen LogP contribution in [0.25, 0.3) is 0 Å². The van der Waals surface area contributed by atoms with Gasteiger partial charge in [-0.1, -0.05) is 22.9 Å². The number of carbonyl (C=O) groups excluding carboxylic acids is 2. The Morgan fingerprint density at radius 3 is 3.00 bits per heavy atom. The number of nitrogens with one attached hydrogen (secondary N) is 1. The van der Waals surface area contributed by atoms with E-state index in [1.807, 2.05) is 0 Å². The molecule has 8 heteroatoms. The third-order valence-corrected chi connectivity index (χ3v) is 2.45. The number of amides is 1. The van der Waals surface area contributed by atoms with E-state index >= 15 is 0 Å². The Kier molecular flexibility index (Phi) is 5.92. The van der Waals surface area contributed by atoms with Crippen molar-refractivity contribution >= 4 is 23.6 Å². The molecule has 98 valence electrons. The standard InChI is InChI=1S/C10H13N3O4S/c1-3-5-11-7(14)6-18-10-13-12-8(17-10)9(15)16-4-2/h3H,1,4-6H2,2H3,(H,11,14). The van der Waals surface area contributed by atoms with Crippen LogP contribution in [0.2, 0.25) is 0 Å². The van der Waals surface area contributed by atoms with E-state index in [4.69, 9.17) is 4.42 Å². The molecular weight excluding hydrogens is 258 g/mol. The van der Waals surface area contributed by atoms with Gasteiger partial charge in [0.2, 0.25) is 5.91 Å². The number of rotatable bonds is 7. The van der Waals surface area contributed by atoms with Gasteiger partial charge in [0.1, 0.15) is 0 Å². The van der Waals surface area contributed by atoms with Crippen molar-refractivity contribution in [2.75, 3.05) is 18.9 Å². The number of aromatic nitrogens is 2. The van der Waals surface area contributed by atoms with Crippen molar-refractivity contribution in [1.82, 2.24) is 15.5 Å². The first-order valence-electron chi connectivity index (χ1n) is 5.18. The minimum Gasteiger partial charge on any atom is -0.459 e. The van der Waals surface area contributed by atoms with E-state index in [0.717, 1.165) is 11.8 Å². The molecule has 1 rings (SSSR count). The molecule has 1 aromatic rings. The largest absolute Gasteiger partial charge is 0.459 e. The molecule has 0 aliphatic rings. The minimum absolute atomic E-state index is 0.123. The fraction of sp³-hybridized carbons (Fsp3) is 0.400. The lowest BCUT2D eigenvalue weighted by atomic mass is 10.6. The maximum absolute atomic E-state index is 11.3. The lowest BCUT2D eigenvalue weighted by Gasteiger charge is -1.98. The number of esters is 1. The quantitative estimate of drug-likeness (QED) is 0.442. The fourth-order valence-electron chi connectivity index (χ4n) is 0.908. The number of thioether (sulfide) groups is 1. The molecule has 1 amide bonds. The molecule has 0 spiro atoms. The smallest absolute Gasteiger partial charge is 0.396 e. The van der Waals surface area contributed by atoms with Crippen molar-refractivity contribution in [2.45, 2.75) is 12.1 Å². The number of ether oxygens (including phenoxy) is 1. The summed E-state index contributed by atoms with van der Waals surface area (Å²) in [6.07, 6.45) is 1.58. The first-order valence-corrected chi connectivity index (χ1v) is 6.17. The van der Waals surface area contributed by atoms with Crippen molar-refractivity contribution in [1.29, 1.82) is 0 Å². The zero-order chi connectivity index (χ0) is 13.4. The van der Waals surface area contributed by atoms with Gasteiger partial charge in [-0.2, -0.15) is 0 Å². The van der Waals surface area contributed by atoms with E-state index in [2.05, 4.69) is 26.8 Å². The van der Waals surface area contributed by atoms with Gasteiger partial charge in [-0.05, 0) is 6.92 Å². The van der Waals surface area contributed by atoms with Gasteiger partial charge < -0.3 is 14.5 Å². The highest BCUT2D eigenvalue weighted by Crippen LogP contribution is 2.15. The molecular formula is C10H13N3O4S. The lowest BCUT2D eigenvalue weighted by molar-refractivity contribution is -0.118. The minimum atomic E-state index is -0.673. The highest BCUT2D eigenvalue weighted by atomic mass is 32.2. The average molecular weight is 271 g/mol. The Morgan fingerprint density at radius 2 is 2.33 bits per heavy atom. The van der Waals surface area contributed by atoms with E-state index in [-0.39, 0.29) is 29.4 Å². The van der Waals surface area contributed by atoms with Crippen molar-refractivity contribution in [2.24, 2.45) is 0 Å². The Bertz CT molecular complexity index is 433. The molecule has 0 bridgehead atoms. The predicted molar refractivity (Wildman–Crippen MR) is 64.2 cm³/mol. The van der Waals surface area contributed by atoms with Gasteiger partial charge in [0.05, 0.1) is 12.4 Å². The van der Waals surface area contributed by atoms with Gasteiger partial charge in [0.15, 0.2) is 0 Å². The van der Waals surface area contributed by atoms with Crippen molar-refractivity contribution in [3.8, 4) is 0 Å². The first kappa shape index (κ1) is 14.2. The van der Waals surface area contributed by atoms with Gasteiger partial charge in [-0.15, -0.1) is 11.7 Å². The van der Waals surface area contributed by atoms with Crippen LogP contribution in [0.1, 0.15) is 17.6 Å². The van der Waals surface area contributed by atoms with Crippen molar-refractivity contribution < 1.29 is 18.7 Å². The highest BCUT2D eigenvalue weighted by Gasteiger charge is 2.16. The topological polar surface area (TPSA) is 94.3 Å². The summed E-state index contributed by atoms with van der Waals surface area (Å²) in [6.45, 7) is 5.78. The second-order valence-electron chi connectivity index (χ2n) is 2.98. The Hall–Kier alpha value is -1.83. The number of hydrogen-bond donors (Lipinski definition) is 1. The maximum atomic E-state index is 11.3. The number of hydrogen-bond acceptors (Lipinski definition) is 7. The van der Waals surface area contributed by atoms with Gasteiger partial charge >= 0.3 is 11.9 Å². The SMILES string of the molecule is C=CCNC(=O)CSc1nnc(C(=O)OCC)o1. The van der Waals surface area contributed by atoms with Gasteiger partial charge in [0, 0.05) is 6.54 Å². The predicted octanol–water partition coefficient (Wildman–Crippen LogP) is 0.641. The molecule has 0 fully saturated rings. The van der Waals surface area contributed by atoms with Crippen LogP contribution in [-0.4, -0.2) is 41.0 Å². The molecule has 1 aromatic heterocycles. The molecule has 0 aliphatic heterocycles. The van der Waals surface area contributed by atoms with Crippen LogP contribution >= 0.6 is 11.8 Å². The maximum Gasteiger partial charge on any atom is 0.396 e. The summed E-state index contributed by atoms with van der Waals surface area (Å²) in [6, 6.07) is 0. The van der Waals surface area contributed by atoms with Crippen LogP contribution in [0, 0.1) is 0 Å². The Morgan fingerprint density at radius 1 is 1.56 bits per heavy atom. The number of carbonyl (C=O) groups is 2. The second-order valence-corrected chi connectivity index (χ2v) is 3.90. The zero-order valence-corrected chi connectivity index (χ0v) is 10.7. The van der Waals surface area contributed by atoms with Crippen molar-refractivity contribution in [3.63, 3.8) is 0 Å². The summed E-state index contributed by atoms with van der Waals surface area (Å²) in [5.41, 5.74) is 0. The molecule has 7 nitrogen and oxygen atoms in total. The van der Waals surface area contributed by atoms with Crippen LogP contribution in [0.3, 0.4) is 0 Å². The molecule has 1 N–H and O–H groups in total. The summed E-state index contributed by atoms with van der Waals surface area (Å²) < 4.78 is 9.70. The molecule has 1 heterocycles. The van der Waals surface area contributed by atoms with Crippen LogP contribution in [-0.2, 0) is 9.53 Å². The van der Waals surface area contributed by atoms with Gasteiger partial charge in [-0.3, -0.25) is 4.79 Å². The van der Waals surface area contributed by atoms with E-state index < -0.39 is 5.97 Å². The normalized spacial score (nSPS) is 9.83. The van der Waals surface area contributed by atoms with E-state index in [1.165, 1.54) is 0 Å². The Labute approximate surface area is 108 Å². The molecule has 18 heavy (non-hydrogen) atoms.